The van der Waals surface area contributed by atoms with Crippen molar-refractivity contribution in [2.75, 3.05) is 19.5 Å². The Kier molecular flexibility index (Phi) is 6.35. The van der Waals surface area contributed by atoms with Gasteiger partial charge >= 0.3 is 0 Å². The quantitative estimate of drug-likeness (QED) is 0.554. The number of hydrogen-bond donors (Lipinski definition) is 3. The number of aliphatic hydroxyl groups is 1. The van der Waals surface area contributed by atoms with E-state index in [0.29, 0.717) is 23.6 Å². The first-order valence-electron chi connectivity index (χ1n) is 9.39. The Hall–Kier alpha value is -3.83. The molecule has 1 atom stereocenters. The first-order chi connectivity index (χ1) is 14.5. The Morgan fingerprint density at radius 2 is 2.00 bits per heavy atom. The highest BCUT2D eigenvalue weighted by Gasteiger charge is 2.20. The van der Waals surface area contributed by atoms with Crippen LogP contribution in [0.15, 0.2) is 48.5 Å². The molecule has 1 amide bonds. The summed E-state index contributed by atoms with van der Waals surface area (Å²) in [7, 11) is 1.52. The van der Waals surface area contributed by atoms with Crippen molar-refractivity contribution in [3.8, 4) is 23.1 Å². The maximum absolute atomic E-state index is 12.4. The molecule has 0 aliphatic heterocycles. The molecule has 30 heavy (non-hydrogen) atoms. The van der Waals surface area contributed by atoms with Gasteiger partial charge in [0, 0.05) is 12.1 Å². The molecule has 3 rings (SSSR count). The molecule has 0 spiro atoms. The van der Waals surface area contributed by atoms with Gasteiger partial charge in [-0.3, -0.25) is 4.79 Å². The fourth-order valence-corrected chi connectivity index (χ4v) is 3.06. The van der Waals surface area contributed by atoms with Crippen LogP contribution in [0.2, 0.25) is 0 Å². The number of nitrogens with two attached hydrogens (primary N) is 1. The summed E-state index contributed by atoms with van der Waals surface area (Å²) in [6.07, 6.45) is 0. The van der Waals surface area contributed by atoms with Gasteiger partial charge in [0.15, 0.2) is 0 Å². The Morgan fingerprint density at radius 3 is 2.63 bits per heavy atom. The molecule has 0 bridgehead atoms. The number of amides is 1. The van der Waals surface area contributed by atoms with E-state index in [1.807, 2.05) is 24.3 Å². The van der Waals surface area contributed by atoms with Crippen molar-refractivity contribution in [3.05, 3.63) is 65.2 Å². The lowest BCUT2D eigenvalue weighted by atomic mass is 10.1. The number of nitrogens with zero attached hydrogens (tertiary/aromatic N) is 3. The predicted molar refractivity (Wildman–Crippen MR) is 113 cm³/mol. The number of nitriles is 1. The van der Waals surface area contributed by atoms with Crippen LogP contribution >= 0.6 is 0 Å². The number of nitrogen functional groups attached to an aromatic ring is 1. The zero-order chi connectivity index (χ0) is 21.7. The second-order valence-electron chi connectivity index (χ2n) is 6.78. The SMILES string of the molecule is COc1ccccc1C(=O)NCc1ccc(-c2nn(C(C)CO)c(N)c2C#N)cc1. The maximum atomic E-state index is 12.4. The zero-order valence-corrected chi connectivity index (χ0v) is 16.8. The lowest BCUT2D eigenvalue weighted by Crippen LogP contribution is -2.23. The van der Waals surface area contributed by atoms with Gasteiger partial charge in [0.25, 0.3) is 5.91 Å². The normalized spacial score (nSPS) is 11.5. The van der Waals surface area contributed by atoms with Gasteiger partial charge in [-0.25, -0.2) is 4.68 Å². The smallest absolute Gasteiger partial charge is 0.255 e. The van der Waals surface area contributed by atoms with Crippen LogP contribution in [0, 0.1) is 11.3 Å². The van der Waals surface area contributed by atoms with E-state index >= 15 is 0 Å². The van der Waals surface area contributed by atoms with Crippen LogP contribution in [-0.2, 0) is 6.54 Å². The molecular formula is C22H23N5O3. The maximum Gasteiger partial charge on any atom is 0.255 e. The third-order valence-corrected chi connectivity index (χ3v) is 4.77. The van der Waals surface area contributed by atoms with Crippen molar-refractivity contribution in [1.29, 1.82) is 5.26 Å². The fraction of sp³-hybridized carbons (Fsp3) is 0.227. The molecule has 0 saturated heterocycles. The van der Waals surface area contributed by atoms with Crippen molar-refractivity contribution >= 4 is 11.7 Å². The van der Waals surface area contributed by atoms with Gasteiger partial charge in [0.2, 0.25) is 0 Å². The van der Waals surface area contributed by atoms with Gasteiger partial charge in [-0.05, 0) is 24.6 Å². The van der Waals surface area contributed by atoms with E-state index in [-0.39, 0.29) is 29.9 Å². The van der Waals surface area contributed by atoms with Crippen LogP contribution in [0.25, 0.3) is 11.3 Å². The van der Waals surface area contributed by atoms with Crippen LogP contribution in [0.1, 0.15) is 34.5 Å². The summed E-state index contributed by atoms with van der Waals surface area (Å²) >= 11 is 0. The average Bonchev–Trinajstić information content (AvgIpc) is 3.13. The molecule has 154 valence electrons. The summed E-state index contributed by atoms with van der Waals surface area (Å²) in [4.78, 5) is 12.4. The molecule has 0 saturated carbocycles. The summed E-state index contributed by atoms with van der Waals surface area (Å²) in [5.74, 6) is 0.509. The Morgan fingerprint density at radius 1 is 1.30 bits per heavy atom. The van der Waals surface area contributed by atoms with E-state index in [1.54, 1.807) is 31.2 Å². The molecule has 8 nitrogen and oxygen atoms in total. The number of anilines is 1. The van der Waals surface area contributed by atoms with Crippen LogP contribution in [0.5, 0.6) is 5.75 Å². The molecule has 0 aliphatic rings. The lowest BCUT2D eigenvalue weighted by molar-refractivity contribution is 0.0948. The largest absolute Gasteiger partial charge is 0.496 e. The van der Waals surface area contributed by atoms with Gasteiger partial charge < -0.3 is 20.9 Å². The molecule has 1 aromatic heterocycles. The highest BCUT2D eigenvalue weighted by molar-refractivity contribution is 5.96. The molecule has 1 unspecified atom stereocenters. The second-order valence-corrected chi connectivity index (χ2v) is 6.78. The third-order valence-electron chi connectivity index (χ3n) is 4.77. The molecule has 2 aromatic carbocycles. The summed E-state index contributed by atoms with van der Waals surface area (Å²) in [5, 5.41) is 26.1. The van der Waals surface area contributed by atoms with Crippen molar-refractivity contribution < 1.29 is 14.6 Å². The van der Waals surface area contributed by atoms with Crippen molar-refractivity contribution in [1.82, 2.24) is 15.1 Å². The monoisotopic (exact) mass is 405 g/mol. The van der Waals surface area contributed by atoms with Crippen LogP contribution < -0.4 is 15.8 Å². The Balaban J connectivity index is 1.76. The summed E-state index contributed by atoms with van der Waals surface area (Å²) < 4.78 is 6.67. The molecule has 0 fully saturated rings. The summed E-state index contributed by atoms with van der Waals surface area (Å²) in [6, 6.07) is 16.1. The minimum absolute atomic E-state index is 0.138. The molecule has 4 N–H and O–H groups in total. The van der Waals surface area contributed by atoms with Crippen molar-refractivity contribution in [2.45, 2.75) is 19.5 Å². The van der Waals surface area contributed by atoms with Gasteiger partial charge in [-0.1, -0.05) is 36.4 Å². The number of nitrogens with one attached hydrogen (secondary N) is 1. The van der Waals surface area contributed by atoms with E-state index in [9.17, 15) is 15.2 Å². The predicted octanol–water partition coefficient (Wildman–Crippen LogP) is 2.50. The van der Waals surface area contributed by atoms with Gasteiger partial charge in [0.05, 0.1) is 25.3 Å². The molecular weight excluding hydrogens is 382 g/mol. The van der Waals surface area contributed by atoms with E-state index in [2.05, 4.69) is 16.5 Å². The van der Waals surface area contributed by atoms with Gasteiger partial charge in [-0.15, -0.1) is 0 Å². The molecule has 3 aromatic rings. The first-order valence-corrected chi connectivity index (χ1v) is 9.39. The Bertz CT molecular complexity index is 1080. The number of hydrogen-bond acceptors (Lipinski definition) is 6. The number of benzene rings is 2. The number of rotatable bonds is 7. The number of ether oxygens (including phenoxy) is 1. The minimum atomic E-state index is -0.338. The van der Waals surface area contributed by atoms with E-state index < -0.39 is 0 Å². The van der Waals surface area contributed by atoms with Crippen LogP contribution in [-0.4, -0.2) is 34.5 Å². The third kappa shape index (κ3) is 4.11. The first kappa shape index (κ1) is 20.9. The summed E-state index contributed by atoms with van der Waals surface area (Å²) in [6.45, 7) is 1.96. The number of para-hydroxylation sites is 1. The Labute approximate surface area is 174 Å². The number of carbonyl (C=O) groups is 1. The highest BCUT2D eigenvalue weighted by atomic mass is 16.5. The van der Waals surface area contributed by atoms with Crippen LogP contribution in [0.3, 0.4) is 0 Å². The van der Waals surface area contributed by atoms with Gasteiger partial charge in [0.1, 0.15) is 28.9 Å². The minimum Gasteiger partial charge on any atom is -0.496 e. The number of methoxy groups -OCH3 is 1. The fourth-order valence-electron chi connectivity index (χ4n) is 3.06. The highest BCUT2D eigenvalue weighted by Crippen LogP contribution is 2.28. The molecule has 0 aliphatic carbocycles. The second kappa shape index (κ2) is 9.11. The standard InChI is InChI=1S/C22H23N5O3/c1-14(13-28)27-21(24)18(11-23)20(26-27)16-9-7-15(8-10-16)12-25-22(29)17-5-3-4-6-19(17)30-2/h3-10,14,28H,12-13,24H2,1-2H3,(H,25,29). The number of aromatic nitrogens is 2. The topological polar surface area (TPSA) is 126 Å². The zero-order valence-electron chi connectivity index (χ0n) is 16.8. The number of aliphatic hydroxyl groups excluding tert-OH is 1. The number of carbonyl (C=O) groups excluding carboxylic acids is 1. The molecule has 1 heterocycles. The van der Waals surface area contributed by atoms with Crippen LogP contribution in [0.4, 0.5) is 5.82 Å². The molecule has 8 heteroatoms. The molecule has 0 radical (unpaired) electrons. The van der Waals surface area contributed by atoms with E-state index in [0.717, 1.165) is 11.1 Å². The van der Waals surface area contributed by atoms with E-state index in [1.165, 1.54) is 11.8 Å². The van der Waals surface area contributed by atoms with Gasteiger partial charge in [-0.2, -0.15) is 10.4 Å². The van der Waals surface area contributed by atoms with Crippen molar-refractivity contribution in [2.24, 2.45) is 0 Å². The lowest BCUT2D eigenvalue weighted by Gasteiger charge is -2.10. The summed E-state index contributed by atoms with van der Waals surface area (Å²) in [5.41, 5.74) is 8.83. The van der Waals surface area contributed by atoms with E-state index in [4.69, 9.17) is 10.5 Å². The van der Waals surface area contributed by atoms with Crippen molar-refractivity contribution in [3.63, 3.8) is 0 Å². The average molecular weight is 405 g/mol.